The van der Waals surface area contributed by atoms with Gasteiger partial charge in [-0.1, -0.05) is 31.4 Å². The maximum Gasteiger partial charge on any atom is 0.328 e. The molecular weight excluding hydrogens is 397 g/mol. The fourth-order valence-corrected chi connectivity index (χ4v) is 3.55. The molecule has 0 bridgehead atoms. The minimum absolute atomic E-state index is 0.262. The molecule has 0 aromatic heterocycles. The van der Waals surface area contributed by atoms with Crippen molar-refractivity contribution in [3.8, 4) is 0 Å². The first-order chi connectivity index (χ1) is 8.99. The molecule has 0 saturated carbocycles. The third-order valence-corrected chi connectivity index (χ3v) is 4.13. The van der Waals surface area contributed by atoms with E-state index in [1.807, 2.05) is 0 Å². The second-order valence-electron chi connectivity index (χ2n) is 4.11. The fourth-order valence-electron chi connectivity index (χ4n) is 1.65. The summed E-state index contributed by atoms with van der Waals surface area (Å²) >= 11 is 12.8. The maximum absolute atomic E-state index is 11.8. The number of hydrogen-bond acceptors (Lipinski definition) is 3. The molecule has 1 rings (SSSR count). The lowest BCUT2D eigenvalue weighted by atomic mass is 10.1. The summed E-state index contributed by atoms with van der Waals surface area (Å²) in [5.41, 5.74) is 0.802. The Kier molecular flexibility index (Phi) is 7.18. The number of esters is 1. The summed E-state index contributed by atoms with van der Waals surface area (Å²) in [5.74, 6) is -0.262. The number of carbonyl (C=O) groups excluding carboxylic acids is 1. The van der Waals surface area contributed by atoms with Gasteiger partial charge < -0.3 is 10.1 Å². The average Bonchev–Trinajstić information content (AvgIpc) is 2.36. The van der Waals surface area contributed by atoms with Crippen molar-refractivity contribution in [2.24, 2.45) is 0 Å². The van der Waals surface area contributed by atoms with Crippen molar-refractivity contribution in [3.05, 3.63) is 26.1 Å². The number of unbranched alkanes of at least 4 members (excludes halogenated alkanes) is 1. The lowest BCUT2D eigenvalue weighted by Gasteiger charge is -2.19. The number of anilines is 1. The van der Waals surface area contributed by atoms with E-state index in [2.05, 4.69) is 44.1 Å². The molecular formula is C13H16Br2ClNO2. The van der Waals surface area contributed by atoms with Crippen LogP contribution in [0.1, 0.15) is 26.2 Å². The van der Waals surface area contributed by atoms with Gasteiger partial charge in [0.15, 0.2) is 0 Å². The summed E-state index contributed by atoms with van der Waals surface area (Å²) in [6.07, 6.45) is 2.71. The Morgan fingerprint density at radius 3 is 2.47 bits per heavy atom. The van der Waals surface area contributed by atoms with E-state index in [9.17, 15) is 4.79 Å². The number of methoxy groups -OCH3 is 1. The zero-order valence-corrected chi connectivity index (χ0v) is 14.7. The van der Waals surface area contributed by atoms with Gasteiger partial charge in [0.05, 0.1) is 12.8 Å². The largest absolute Gasteiger partial charge is 0.467 e. The van der Waals surface area contributed by atoms with E-state index in [1.54, 1.807) is 12.1 Å². The molecule has 3 nitrogen and oxygen atoms in total. The normalized spacial score (nSPS) is 12.1. The SMILES string of the molecule is CCCCC(Nc1c(Br)cc(Cl)cc1Br)C(=O)OC. The fraction of sp³-hybridized carbons (Fsp3) is 0.462. The van der Waals surface area contributed by atoms with Crippen LogP contribution >= 0.6 is 43.5 Å². The number of nitrogens with one attached hydrogen (secondary N) is 1. The summed E-state index contributed by atoms with van der Waals surface area (Å²) in [4.78, 5) is 11.8. The van der Waals surface area contributed by atoms with Crippen molar-refractivity contribution in [2.75, 3.05) is 12.4 Å². The summed E-state index contributed by atoms with van der Waals surface area (Å²) < 4.78 is 6.43. The summed E-state index contributed by atoms with van der Waals surface area (Å²) in [6, 6.07) is 3.20. The highest BCUT2D eigenvalue weighted by Crippen LogP contribution is 2.35. The highest BCUT2D eigenvalue weighted by Gasteiger charge is 2.20. The minimum Gasteiger partial charge on any atom is -0.467 e. The first kappa shape index (κ1) is 16.8. The van der Waals surface area contributed by atoms with Crippen LogP contribution in [0.5, 0.6) is 0 Å². The van der Waals surface area contributed by atoms with E-state index in [1.165, 1.54) is 7.11 Å². The van der Waals surface area contributed by atoms with Crippen LogP contribution in [0.3, 0.4) is 0 Å². The number of halogens is 3. The van der Waals surface area contributed by atoms with Gasteiger partial charge in [-0.2, -0.15) is 0 Å². The molecule has 1 aromatic rings. The van der Waals surface area contributed by atoms with Gasteiger partial charge in [-0.05, 0) is 50.4 Å². The lowest BCUT2D eigenvalue weighted by molar-refractivity contribution is -0.141. The standard InChI is InChI=1S/C13H16Br2ClNO2/c1-3-4-5-11(13(18)19-2)17-12-9(14)6-8(16)7-10(12)15/h6-7,11,17H,3-5H2,1-2H3. The highest BCUT2D eigenvalue weighted by atomic mass is 79.9. The molecule has 0 amide bonds. The molecule has 1 unspecified atom stereocenters. The number of ether oxygens (including phenoxy) is 1. The number of hydrogen-bond donors (Lipinski definition) is 1. The molecule has 0 heterocycles. The van der Waals surface area contributed by atoms with Gasteiger partial charge in [0.25, 0.3) is 0 Å². The van der Waals surface area contributed by atoms with Crippen molar-refractivity contribution in [1.82, 2.24) is 0 Å². The molecule has 0 spiro atoms. The third-order valence-electron chi connectivity index (χ3n) is 2.66. The van der Waals surface area contributed by atoms with Crippen LogP contribution in [0.4, 0.5) is 5.69 Å². The van der Waals surface area contributed by atoms with E-state index in [0.29, 0.717) is 5.02 Å². The van der Waals surface area contributed by atoms with Crippen LogP contribution in [0.2, 0.25) is 5.02 Å². The number of rotatable bonds is 6. The van der Waals surface area contributed by atoms with Crippen LogP contribution in [0.15, 0.2) is 21.1 Å². The predicted molar refractivity (Wildman–Crippen MR) is 85.8 cm³/mol. The Balaban J connectivity index is 2.92. The van der Waals surface area contributed by atoms with E-state index >= 15 is 0 Å². The molecule has 0 aliphatic carbocycles. The van der Waals surface area contributed by atoms with Gasteiger partial charge in [0.1, 0.15) is 6.04 Å². The first-order valence-corrected chi connectivity index (χ1v) is 7.94. The number of benzene rings is 1. The summed E-state index contributed by atoms with van der Waals surface area (Å²) in [6.45, 7) is 2.09. The van der Waals surface area contributed by atoms with Crippen molar-refractivity contribution in [2.45, 2.75) is 32.2 Å². The topological polar surface area (TPSA) is 38.3 Å². The highest BCUT2D eigenvalue weighted by molar-refractivity contribution is 9.11. The Bertz CT molecular complexity index is 431. The van der Waals surface area contributed by atoms with Crippen LogP contribution in [0, 0.1) is 0 Å². The molecule has 106 valence electrons. The molecule has 6 heteroatoms. The lowest BCUT2D eigenvalue weighted by Crippen LogP contribution is -2.30. The quantitative estimate of drug-likeness (QED) is 0.667. The summed E-state index contributed by atoms with van der Waals surface area (Å²) in [7, 11) is 1.40. The van der Waals surface area contributed by atoms with E-state index < -0.39 is 0 Å². The zero-order chi connectivity index (χ0) is 14.4. The molecule has 0 aliphatic rings. The van der Waals surface area contributed by atoms with Gasteiger partial charge in [-0.25, -0.2) is 4.79 Å². The second-order valence-corrected chi connectivity index (χ2v) is 6.25. The third kappa shape index (κ3) is 4.97. The van der Waals surface area contributed by atoms with Gasteiger partial charge in [-0.3, -0.25) is 0 Å². The second kappa shape index (κ2) is 8.12. The van der Waals surface area contributed by atoms with Crippen molar-refractivity contribution in [3.63, 3.8) is 0 Å². The molecule has 0 saturated heterocycles. The van der Waals surface area contributed by atoms with E-state index in [4.69, 9.17) is 16.3 Å². The van der Waals surface area contributed by atoms with Gasteiger partial charge in [-0.15, -0.1) is 0 Å². The van der Waals surface area contributed by atoms with Crippen molar-refractivity contribution >= 4 is 55.1 Å². The Labute approximate surface area is 135 Å². The molecule has 0 aliphatic heterocycles. The van der Waals surface area contributed by atoms with E-state index in [-0.39, 0.29) is 12.0 Å². The Hall–Kier alpha value is -0.260. The predicted octanol–water partition coefficient (Wildman–Crippen LogP) is 5.01. The Morgan fingerprint density at radius 1 is 1.42 bits per heavy atom. The molecule has 1 atom stereocenters. The van der Waals surface area contributed by atoms with Crippen LogP contribution in [-0.2, 0) is 9.53 Å². The first-order valence-electron chi connectivity index (χ1n) is 5.98. The molecule has 1 aromatic carbocycles. The summed E-state index contributed by atoms with van der Waals surface area (Å²) in [5, 5.41) is 3.82. The van der Waals surface area contributed by atoms with Crippen molar-refractivity contribution in [1.29, 1.82) is 0 Å². The van der Waals surface area contributed by atoms with Crippen molar-refractivity contribution < 1.29 is 9.53 Å². The average molecular weight is 414 g/mol. The van der Waals surface area contributed by atoms with Gasteiger partial charge in [0, 0.05) is 14.0 Å². The van der Waals surface area contributed by atoms with Gasteiger partial charge in [0.2, 0.25) is 0 Å². The van der Waals surface area contributed by atoms with Crippen LogP contribution in [0.25, 0.3) is 0 Å². The zero-order valence-electron chi connectivity index (χ0n) is 10.8. The molecule has 1 N–H and O–H groups in total. The van der Waals surface area contributed by atoms with Crippen LogP contribution in [-0.4, -0.2) is 19.1 Å². The number of carbonyl (C=O) groups is 1. The van der Waals surface area contributed by atoms with E-state index in [0.717, 1.165) is 33.9 Å². The molecule has 19 heavy (non-hydrogen) atoms. The minimum atomic E-state index is -0.362. The smallest absolute Gasteiger partial charge is 0.328 e. The monoisotopic (exact) mass is 411 g/mol. The maximum atomic E-state index is 11.8. The van der Waals surface area contributed by atoms with Crippen LogP contribution < -0.4 is 5.32 Å². The van der Waals surface area contributed by atoms with Gasteiger partial charge >= 0.3 is 5.97 Å². The molecule has 0 fully saturated rings. The molecule has 0 radical (unpaired) electrons. The Morgan fingerprint density at radius 2 is 2.00 bits per heavy atom.